The van der Waals surface area contributed by atoms with Crippen molar-refractivity contribution in [2.75, 3.05) is 6.61 Å². The molecule has 1 aliphatic heterocycles. The van der Waals surface area contributed by atoms with E-state index in [-0.39, 0.29) is 24.2 Å². The van der Waals surface area contributed by atoms with E-state index in [0.29, 0.717) is 5.56 Å². The molecule has 0 spiro atoms. The normalized spacial score (nSPS) is 26.1. The molecule has 1 saturated heterocycles. The summed E-state index contributed by atoms with van der Waals surface area (Å²) in [6.07, 6.45) is -0.507. The van der Waals surface area contributed by atoms with Crippen molar-refractivity contribution in [3.8, 4) is 0 Å². The van der Waals surface area contributed by atoms with Gasteiger partial charge in [0.2, 0.25) is 0 Å². The maximum atomic E-state index is 12.4. The second kappa shape index (κ2) is 8.85. The number of hydrogen-bond donors (Lipinski definition) is 2. The van der Waals surface area contributed by atoms with Crippen LogP contribution < -0.4 is 11.2 Å². The van der Waals surface area contributed by atoms with Crippen LogP contribution in [0, 0.1) is 6.92 Å². The third-order valence-corrected chi connectivity index (χ3v) is 10.4. The first-order valence-corrected chi connectivity index (χ1v) is 13.1. The topological polar surface area (TPSA) is 103 Å². The van der Waals surface area contributed by atoms with Gasteiger partial charge in [-0.05, 0) is 38.9 Å². The summed E-state index contributed by atoms with van der Waals surface area (Å²) in [5, 5.41) is 10.8. The molecule has 0 unspecified atom stereocenters. The Morgan fingerprint density at radius 2 is 1.97 bits per heavy atom. The maximum Gasteiger partial charge on any atom is 0.328 e. The van der Waals surface area contributed by atoms with Crippen LogP contribution in [0.25, 0.3) is 0 Å². The van der Waals surface area contributed by atoms with Crippen LogP contribution in [0.5, 0.6) is 0 Å². The molecule has 2 N–H and O–H groups in total. The van der Waals surface area contributed by atoms with Crippen LogP contribution in [0.15, 0.2) is 15.8 Å². The zero-order valence-corrected chi connectivity index (χ0v) is 19.8. The number of hydrogen-bond acceptors (Lipinski definition) is 6. The first kappa shape index (κ1) is 24.0. The van der Waals surface area contributed by atoms with Gasteiger partial charge in [-0.3, -0.25) is 14.3 Å². The lowest BCUT2D eigenvalue weighted by Gasteiger charge is -2.42. The van der Waals surface area contributed by atoms with Gasteiger partial charge in [0.25, 0.3) is 5.56 Å². The third kappa shape index (κ3) is 5.67. The molecule has 1 aromatic heterocycles. The summed E-state index contributed by atoms with van der Waals surface area (Å²) in [5.41, 5.74) is -0.564. The summed E-state index contributed by atoms with van der Waals surface area (Å²) in [7, 11) is -2.00. The van der Waals surface area contributed by atoms with E-state index in [1.807, 2.05) is 13.8 Å². The molecular weight excluding hydrogens is 392 g/mol. The minimum atomic E-state index is -2.00. The number of ether oxygens (including phenoxy) is 2. The average molecular weight is 429 g/mol. The molecule has 0 aliphatic carbocycles. The first-order chi connectivity index (χ1) is 13.2. The number of nitrogens with one attached hydrogen (secondary N) is 1. The molecule has 0 radical (unpaired) electrons. The van der Waals surface area contributed by atoms with E-state index in [9.17, 15) is 14.7 Å². The van der Waals surface area contributed by atoms with E-state index in [4.69, 9.17) is 13.9 Å². The predicted molar refractivity (Wildman–Crippen MR) is 114 cm³/mol. The van der Waals surface area contributed by atoms with Gasteiger partial charge in [-0.15, -0.1) is 0 Å². The van der Waals surface area contributed by atoms with Crippen LogP contribution in [0.2, 0.25) is 18.1 Å². The molecular formula is C20H36N2O6Si. The van der Waals surface area contributed by atoms with Crippen LogP contribution in [0.4, 0.5) is 0 Å². The summed E-state index contributed by atoms with van der Waals surface area (Å²) in [6, 6.07) is -0.556. The van der Waals surface area contributed by atoms with Crippen molar-refractivity contribution in [1.29, 1.82) is 0 Å². The molecule has 0 saturated carbocycles. The van der Waals surface area contributed by atoms with Crippen LogP contribution in [-0.2, 0) is 13.9 Å². The van der Waals surface area contributed by atoms with E-state index in [1.54, 1.807) is 6.92 Å². The van der Waals surface area contributed by atoms with Crippen molar-refractivity contribution >= 4 is 8.32 Å². The smallest absolute Gasteiger partial charge is 0.328 e. The highest BCUT2D eigenvalue weighted by atomic mass is 28.4. The standard InChI is InChI=1S/C20H36N2O6Si/c1-12(2)27-18-14(22-10-13(3)17(24)21-19(22)25)9-15(23)16(28-18)11-26-29(7,8)20(4,5)6/h10,12,14-16,18,23H,9,11H2,1-8H3,(H,21,24,25)/t14-,15+,16+,18-/m0/s1. The highest BCUT2D eigenvalue weighted by Gasteiger charge is 2.43. The quantitative estimate of drug-likeness (QED) is 0.674. The van der Waals surface area contributed by atoms with Crippen molar-refractivity contribution in [1.82, 2.24) is 9.55 Å². The fourth-order valence-electron chi connectivity index (χ4n) is 2.99. The molecule has 1 aromatic rings. The lowest BCUT2D eigenvalue weighted by Crippen LogP contribution is -2.53. The Bertz CT molecular complexity index is 810. The van der Waals surface area contributed by atoms with Gasteiger partial charge >= 0.3 is 5.69 Å². The Kier molecular flexibility index (Phi) is 7.33. The van der Waals surface area contributed by atoms with Crippen molar-refractivity contribution in [2.24, 2.45) is 0 Å². The van der Waals surface area contributed by atoms with Crippen molar-refractivity contribution in [3.05, 3.63) is 32.6 Å². The van der Waals surface area contributed by atoms with Crippen molar-refractivity contribution in [3.63, 3.8) is 0 Å². The Balaban J connectivity index is 2.25. The fraction of sp³-hybridized carbons (Fsp3) is 0.800. The zero-order valence-electron chi connectivity index (χ0n) is 18.8. The minimum Gasteiger partial charge on any atom is -0.414 e. The minimum absolute atomic E-state index is 0.0454. The first-order valence-electron chi connectivity index (χ1n) is 10.2. The number of nitrogens with zero attached hydrogens (tertiary/aromatic N) is 1. The number of aryl methyl sites for hydroxylation is 1. The Hall–Kier alpha value is -1.26. The fourth-order valence-corrected chi connectivity index (χ4v) is 4.00. The molecule has 1 fully saturated rings. The molecule has 2 rings (SSSR count). The van der Waals surface area contributed by atoms with Gasteiger partial charge in [0.1, 0.15) is 6.10 Å². The average Bonchev–Trinajstić information content (AvgIpc) is 2.57. The number of aromatic nitrogens is 2. The van der Waals surface area contributed by atoms with Gasteiger partial charge in [-0.1, -0.05) is 20.8 Å². The SMILES string of the molecule is Cc1cn([C@H]2C[C@@H](O)[C@@H](CO[Si](C)(C)C(C)(C)C)O[C@@H]2OC(C)C)c(=O)[nH]c1=O. The summed E-state index contributed by atoms with van der Waals surface area (Å²) in [5.74, 6) is 0. The van der Waals surface area contributed by atoms with Gasteiger partial charge in [0.05, 0.1) is 24.9 Å². The Labute approximate surface area is 173 Å². The van der Waals surface area contributed by atoms with Gasteiger partial charge in [-0.25, -0.2) is 4.79 Å². The molecule has 9 heteroatoms. The van der Waals surface area contributed by atoms with Crippen LogP contribution in [0.3, 0.4) is 0 Å². The number of aliphatic hydroxyl groups excluding tert-OH is 1. The summed E-state index contributed by atoms with van der Waals surface area (Å²) >= 11 is 0. The zero-order chi connectivity index (χ0) is 22.1. The molecule has 166 valence electrons. The monoisotopic (exact) mass is 428 g/mol. The third-order valence-electron chi connectivity index (χ3n) is 5.86. The largest absolute Gasteiger partial charge is 0.414 e. The number of rotatable bonds is 6. The second-order valence-corrected chi connectivity index (χ2v) is 14.5. The lowest BCUT2D eigenvalue weighted by molar-refractivity contribution is -0.260. The summed E-state index contributed by atoms with van der Waals surface area (Å²) < 4.78 is 19.6. The van der Waals surface area contributed by atoms with Crippen LogP contribution in [0.1, 0.15) is 52.6 Å². The van der Waals surface area contributed by atoms with Gasteiger partial charge in [0.15, 0.2) is 14.6 Å². The van der Waals surface area contributed by atoms with E-state index < -0.39 is 44.1 Å². The molecule has 0 aromatic carbocycles. The highest BCUT2D eigenvalue weighted by molar-refractivity contribution is 6.74. The van der Waals surface area contributed by atoms with Gasteiger partial charge in [-0.2, -0.15) is 0 Å². The second-order valence-electron chi connectivity index (χ2n) is 9.65. The Morgan fingerprint density at radius 3 is 2.52 bits per heavy atom. The van der Waals surface area contributed by atoms with Crippen LogP contribution in [-0.4, -0.2) is 54.2 Å². The van der Waals surface area contributed by atoms with E-state index in [2.05, 4.69) is 38.8 Å². The number of aliphatic hydroxyl groups is 1. The number of H-pyrrole nitrogens is 1. The van der Waals surface area contributed by atoms with Crippen molar-refractivity contribution < 1.29 is 19.0 Å². The molecule has 4 atom stereocenters. The molecule has 1 aliphatic rings. The molecule has 29 heavy (non-hydrogen) atoms. The van der Waals surface area contributed by atoms with E-state index >= 15 is 0 Å². The van der Waals surface area contributed by atoms with Gasteiger partial charge < -0.3 is 19.0 Å². The molecule has 8 nitrogen and oxygen atoms in total. The molecule has 0 bridgehead atoms. The van der Waals surface area contributed by atoms with Crippen LogP contribution >= 0.6 is 0 Å². The number of aromatic amines is 1. The van der Waals surface area contributed by atoms with Crippen molar-refractivity contribution in [2.45, 2.75) is 96.7 Å². The van der Waals surface area contributed by atoms with E-state index in [1.165, 1.54) is 10.8 Å². The molecule has 0 amide bonds. The summed E-state index contributed by atoms with van der Waals surface area (Å²) in [4.78, 5) is 26.4. The Morgan fingerprint density at radius 1 is 1.34 bits per heavy atom. The molecule has 2 heterocycles. The lowest BCUT2D eigenvalue weighted by atomic mass is 10.00. The predicted octanol–water partition coefficient (Wildman–Crippen LogP) is 2.31. The highest BCUT2D eigenvalue weighted by Crippen LogP contribution is 2.37. The maximum absolute atomic E-state index is 12.4. The summed E-state index contributed by atoms with van der Waals surface area (Å²) in [6.45, 7) is 16.4. The van der Waals surface area contributed by atoms with E-state index in [0.717, 1.165) is 0 Å². The van der Waals surface area contributed by atoms with Gasteiger partial charge in [0, 0.05) is 18.2 Å².